The molecular formula is C12H11ClFN3S. The molecule has 0 radical (unpaired) electrons. The van der Waals surface area contributed by atoms with E-state index in [-0.39, 0.29) is 10.8 Å². The number of thiocarbonyl (C=S) groups is 1. The van der Waals surface area contributed by atoms with E-state index >= 15 is 0 Å². The summed E-state index contributed by atoms with van der Waals surface area (Å²) in [5, 5.41) is 4.64. The monoisotopic (exact) mass is 283 g/mol. The van der Waals surface area contributed by atoms with Crippen molar-refractivity contribution < 1.29 is 4.39 Å². The number of nitrogens with two attached hydrogens (primary N) is 1. The molecule has 1 aromatic heterocycles. The van der Waals surface area contributed by atoms with E-state index in [1.54, 1.807) is 16.8 Å². The normalized spacial score (nSPS) is 10.6. The molecule has 0 amide bonds. The summed E-state index contributed by atoms with van der Waals surface area (Å²) in [7, 11) is 0. The molecule has 2 N–H and O–H groups in total. The maximum absolute atomic E-state index is 13.8. The molecule has 0 bridgehead atoms. The van der Waals surface area contributed by atoms with Crippen molar-refractivity contribution in [2.24, 2.45) is 5.73 Å². The minimum absolute atomic E-state index is 0.179. The van der Waals surface area contributed by atoms with Crippen LogP contribution in [0.15, 0.2) is 24.4 Å². The Morgan fingerprint density at radius 3 is 2.78 bits per heavy atom. The Hall–Kier alpha value is -1.46. The molecule has 18 heavy (non-hydrogen) atoms. The highest BCUT2D eigenvalue weighted by Crippen LogP contribution is 2.17. The Kier molecular flexibility index (Phi) is 3.63. The van der Waals surface area contributed by atoms with E-state index in [1.807, 2.05) is 6.92 Å². The summed E-state index contributed by atoms with van der Waals surface area (Å²) in [6, 6.07) is 4.68. The van der Waals surface area contributed by atoms with E-state index in [2.05, 4.69) is 5.10 Å². The first-order chi connectivity index (χ1) is 8.49. The van der Waals surface area contributed by atoms with Gasteiger partial charge in [0.05, 0.1) is 23.5 Å². The number of halogens is 2. The number of nitrogens with zero attached hydrogens (tertiary/aromatic N) is 2. The average Bonchev–Trinajstić information content (AvgIpc) is 2.63. The van der Waals surface area contributed by atoms with Crippen LogP contribution in [0.25, 0.3) is 0 Å². The third-order valence-electron chi connectivity index (χ3n) is 2.70. The van der Waals surface area contributed by atoms with Gasteiger partial charge in [0, 0.05) is 11.1 Å². The van der Waals surface area contributed by atoms with Crippen molar-refractivity contribution in [2.45, 2.75) is 13.5 Å². The van der Waals surface area contributed by atoms with E-state index in [1.165, 1.54) is 12.3 Å². The van der Waals surface area contributed by atoms with E-state index in [9.17, 15) is 4.39 Å². The number of hydrogen-bond donors (Lipinski definition) is 1. The highest BCUT2D eigenvalue weighted by molar-refractivity contribution is 7.80. The van der Waals surface area contributed by atoms with Gasteiger partial charge in [0.15, 0.2) is 0 Å². The lowest BCUT2D eigenvalue weighted by atomic mass is 10.1. The molecule has 6 heteroatoms. The lowest BCUT2D eigenvalue weighted by Crippen LogP contribution is -2.11. The summed E-state index contributed by atoms with van der Waals surface area (Å²) in [5.74, 6) is -0.355. The zero-order chi connectivity index (χ0) is 13.3. The summed E-state index contributed by atoms with van der Waals surface area (Å²) in [4.78, 5) is 0.179. The molecule has 0 saturated carbocycles. The first-order valence-corrected chi connectivity index (χ1v) is 6.04. The van der Waals surface area contributed by atoms with Crippen LogP contribution in [0.5, 0.6) is 0 Å². The summed E-state index contributed by atoms with van der Waals surface area (Å²) < 4.78 is 15.5. The number of hydrogen-bond acceptors (Lipinski definition) is 2. The van der Waals surface area contributed by atoms with Gasteiger partial charge in [-0.1, -0.05) is 36.0 Å². The SMILES string of the molecule is Cc1c(Cl)cnn1Cc1ccc(C(N)=S)cc1F. The van der Waals surface area contributed by atoms with E-state index in [0.29, 0.717) is 22.7 Å². The van der Waals surface area contributed by atoms with Crippen molar-refractivity contribution in [1.82, 2.24) is 9.78 Å². The van der Waals surface area contributed by atoms with E-state index in [4.69, 9.17) is 29.6 Å². The Bertz CT molecular complexity index is 609. The van der Waals surface area contributed by atoms with Crippen LogP contribution in [0.3, 0.4) is 0 Å². The van der Waals surface area contributed by atoms with Crippen molar-refractivity contribution in [3.05, 3.63) is 52.1 Å². The molecule has 0 atom stereocenters. The molecule has 0 aliphatic rings. The fraction of sp³-hybridized carbons (Fsp3) is 0.167. The Morgan fingerprint density at radius 1 is 1.56 bits per heavy atom. The standard InChI is InChI=1S/C12H11ClFN3S/c1-7-10(13)5-16-17(7)6-9-3-2-8(12(15)18)4-11(9)14/h2-5H,6H2,1H3,(H2,15,18). The fourth-order valence-corrected chi connectivity index (χ4v) is 1.84. The maximum atomic E-state index is 13.8. The molecule has 0 spiro atoms. The lowest BCUT2D eigenvalue weighted by Gasteiger charge is -2.07. The summed E-state index contributed by atoms with van der Waals surface area (Å²) in [6.07, 6.45) is 1.54. The van der Waals surface area contributed by atoms with Crippen LogP contribution >= 0.6 is 23.8 Å². The van der Waals surface area contributed by atoms with Crippen molar-refractivity contribution in [2.75, 3.05) is 0 Å². The molecule has 0 fully saturated rings. The maximum Gasteiger partial charge on any atom is 0.128 e. The smallest absolute Gasteiger partial charge is 0.128 e. The molecule has 0 aliphatic carbocycles. The highest BCUT2D eigenvalue weighted by Gasteiger charge is 2.09. The topological polar surface area (TPSA) is 43.8 Å². The summed E-state index contributed by atoms with van der Waals surface area (Å²) in [5.41, 5.74) is 7.27. The van der Waals surface area contributed by atoms with Gasteiger partial charge in [-0.15, -0.1) is 0 Å². The van der Waals surface area contributed by atoms with Crippen LogP contribution in [0.1, 0.15) is 16.8 Å². The third-order valence-corrected chi connectivity index (χ3v) is 3.31. The van der Waals surface area contributed by atoms with Gasteiger partial charge in [0.25, 0.3) is 0 Å². The van der Waals surface area contributed by atoms with Gasteiger partial charge in [0.2, 0.25) is 0 Å². The average molecular weight is 284 g/mol. The van der Waals surface area contributed by atoms with Crippen LogP contribution in [0.2, 0.25) is 5.02 Å². The molecule has 94 valence electrons. The first kappa shape index (κ1) is 13.0. The van der Waals surface area contributed by atoms with Crippen LogP contribution in [-0.4, -0.2) is 14.8 Å². The number of aromatic nitrogens is 2. The molecule has 2 rings (SSSR count). The zero-order valence-corrected chi connectivity index (χ0v) is 11.2. The van der Waals surface area contributed by atoms with Crippen LogP contribution in [-0.2, 0) is 6.54 Å². The number of benzene rings is 1. The first-order valence-electron chi connectivity index (χ1n) is 5.25. The van der Waals surface area contributed by atoms with E-state index < -0.39 is 0 Å². The van der Waals surface area contributed by atoms with Gasteiger partial charge < -0.3 is 5.73 Å². The minimum Gasteiger partial charge on any atom is -0.389 e. The van der Waals surface area contributed by atoms with Gasteiger partial charge in [-0.2, -0.15) is 5.10 Å². The second-order valence-corrected chi connectivity index (χ2v) is 4.75. The molecule has 0 saturated heterocycles. The second kappa shape index (κ2) is 5.04. The highest BCUT2D eigenvalue weighted by atomic mass is 35.5. The van der Waals surface area contributed by atoms with Crippen molar-refractivity contribution in [1.29, 1.82) is 0 Å². The van der Waals surface area contributed by atoms with Gasteiger partial charge in [0.1, 0.15) is 10.8 Å². The molecule has 1 aromatic carbocycles. The summed E-state index contributed by atoms with van der Waals surface area (Å²) in [6.45, 7) is 2.15. The Labute approximate surface area is 114 Å². The number of rotatable bonds is 3. The van der Waals surface area contributed by atoms with Crippen molar-refractivity contribution in [3.8, 4) is 0 Å². The third kappa shape index (κ3) is 2.52. The van der Waals surface area contributed by atoms with E-state index in [0.717, 1.165) is 5.69 Å². The van der Waals surface area contributed by atoms with Crippen LogP contribution in [0.4, 0.5) is 4.39 Å². The molecule has 3 nitrogen and oxygen atoms in total. The second-order valence-electron chi connectivity index (χ2n) is 3.91. The summed E-state index contributed by atoms with van der Waals surface area (Å²) >= 11 is 10.7. The van der Waals surface area contributed by atoms with Gasteiger partial charge in [-0.3, -0.25) is 4.68 Å². The minimum atomic E-state index is -0.355. The fourth-order valence-electron chi connectivity index (χ4n) is 1.57. The van der Waals surface area contributed by atoms with Gasteiger partial charge in [-0.05, 0) is 13.0 Å². The van der Waals surface area contributed by atoms with Gasteiger partial charge in [-0.25, -0.2) is 4.39 Å². The largest absolute Gasteiger partial charge is 0.389 e. The molecule has 0 aliphatic heterocycles. The van der Waals surface area contributed by atoms with Crippen molar-refractivity contribution >= 4 is 28.8 Å². The molecular weight excluding hydrogens is 273 g/mol. The lowest BCUT2D eigenvalue weighted by molar-refractivity contribution is 0.580. The Morgan fingerprint density at radius 2 is 2.28 bits per heavy atom. The van der Waals surface area contributed by atoms with Crippen LogP contribution < -0.4 is 5.73 Å². The zero-order valence-electron chi connectivity index (χ0n) is 9.65. The Balaban J connectivity index is 2.30. The predicted octanol–water partition coefficient (Wildman–Crippen LogP) is 2.67. The predicted molar refractivity (Wildman–Crippen MR) is 73.4 cm³/mol. The van der Waals surface area contributed by atoms with Gasteiger partial charge >= 0.3 is 0 Å². The molecule has 1 heterocycles. The quantitative estimate of drug-likeness (QED) is 0.881. The van der Waals surface area contributed by atoms with Crippen LogP contribution in [0, 0.1) is 12.7 Å². The van der Waals surface area contributed by atoms with Crippen molar-refractivity contribution in [3.63, 3.8) is 0 Å². The molecule has 2 aromatic rings. The molecule has 0 unspecified atom stereocenters.